The van der Waals surface area contributed by atoms with Gasteiger partial charge < -0.3 is 9.88 Å². The second-order valence-corrected chi connectivity index (χ2v) is 4.76. The lowest BCUT2D eigenvalue weighted by atomic mass is 10.5. The summed E-state index contributed by atoms with van der Waals surface area (Å²) in [6.07, 6.45) is 6.16. The standard InChI is InChI=1S/C11H14BrN5O/c1-3-4-17-6-8(5-13-17)14-10-11(18)16(2)7-9(12)15-10/h5-7H,3-4H2,1-2H3,(H,14,15). The van der Waals surface area contributed by atoms with Crippen molar-refractivity contribution >= 4 is 27.4 Å². The van der Waals surface area contributed by atoms with Gasteiger partial charge in [-0.25, -0.2) is 4.98 Å². The van der Waals surface area contributed by atoms with Crippen LogP contribution in [0.2, 0.25) is 0 Å². The molecular weight excluding hydrogens is 298 g/mol. The smallest absolute Gasteiger partial charge is 0.293 e. The molecule has 0 aliphatic rings. The molecule has 1 N–H and O–H groups in total. The van der Waals surface area contributed by atoms with Gasteiger partial charge in [0.15, 0.2) is 5.82 Å². The lowest BCUT2D eigenvalue weighted by Crippen LogP contribution is -2.20. The molecule has 2 rings (SSSR count). The third-order valence-electron chi connectivity index (χ3n) is 2.39. The summed E-state index contributed by atoms with van der Waals surface area (Å²) in [6, 6.07) is 0. The third kappa shape index (κ3) is 2.79. The molecule has 0 aliphatic heterocycles. The van der Waals surface area contributed by atoms with Gasteiger partial charge in [0.05, 0.1) is 11.9 Å². The third-order valence-corrected chi connectivity index (χ3v) is 2.77. The van der Waals surface area contributed by atoms with Crippen molar-refractivity contribution in [2.75, 3.05) is 5.32 Å². The molecule has 0 fully saturated rings. The van der Waals surface area contributed by atoms with Crippen molar-refractivity contribution in [3.05, 3.63) is 33.5 Å². The van der Waals surface area contributed by atoms with Crippen molar-refractivity contribution in [3.63, 3.8) is 0 Å². The number of nitrogens with zero attached hydrogens (tertiary/aromatic N) is 4. The first-order valence-electron chi connectivity index (χ1n) is 5.63. The van der Waals surface area contributed by atoms with Gasteiger partial charge in [-0.1, -0.05) is 6.92 Å². The number of aryl methyl sites for hydroxylation is 2. The molecule has 0 amide bonds. The SMILES string of the molecule is CCCn1cc(Nc2nc(Br)cn(C)c2=O)cn1. The molecule has 6 nitrogen and oxygen atoms in total. The maximum absolute atomic E-state index is 11.8. The van der Waals surface area contributed by atoms with Gasteiger partial charge in [-0.05, 0) is 22.4 Å². The highest BCUT2D eigenvalue weighted by Crippen LogP contribution is 2.12. The van der Waals surface area contributed by atoms with Crippen molar-refractivity contribution in [3.8, 4) is 0 Å². The molecular formula is C11H14BrN5O. The van der Waals surface area contributed by atoms with Gasteiger partial charge in [0.2, 0.25) is 0 Å². The minimum atomic E-state index is -0.179. The van der Waals surface area contributed by atoms with Crippen molar-refractivity contribution in [2.24, 2.45) is 7.05 Å². The summed E-state index contributed by atoms with van der Waals surface area (Å²) in [5.41, 5.74) is 0.576. The van der Waals surface area contributed by atoms with Gasteiger partial charge in [0.1, 0.15) is 4.60 Å². The van der Waals surface area contributed by atoms with Gasteiger partial charge in [0, 0.05) is 26.0 Å². The van der Waals surface area contributed by atoms with E-state index in [1.54, 1.807) is 19.4 Å². The van der Waals surface area contributed by atoms with Gasteiger partial charge in [-0.15, -0.1) is 0 Å². The lowest BCUT2D eigenvalue weighted by molar-refractivity contribution is 0.603. The minimum absolute atomic E-state index is 0.179. The van der Waals surface area contributed by atoms with Crippen LogP contribution in [0.25, 0.3) is 0 Å². The Kier molecular flexibility index (Phi) is 3.81. The van der Waals surface area contributed by atoms with E-state index in [2.05, 4.69) is 38.3 Å². The van der Waals surface area contributed by atoms with Crippen LogP contribution < -0.4 is 10.9 Å². The summed E-state index contributed by atoms with van der Waals surface area (Å²) in [5, 5.41) is 7.16. The van der Waals surface area contributed by atoms with Crippen molar-refractivity contribution in [1.29, 1.82) is 0 Å². The zero-order valence-electron chi connectivity index (χ0n) is 10.2. The second-order valence-electron chi connectivity index (χ2n) is 3.95. The predicted molar refractivity (Wildman–Crippen MR) is 73.0 cm³/mol. The maximum atomic E-state index is 11.8. The fourth-order valence-electron chi connectivity index (χ4n) is 1.57. The average Bonchev–Trinajstić information content (AvgIpc) is 2.73. The van der Waals surface area contributed by atoms with Crippen LogP contribution >= 0.6 is 15.9 Å². The largest absolute Gasteiger partial charge is 0.333 e. The van der Waals surface area contributed by atoms with Gasteiger partial charge in [0.25, 0.3) is 5.56 Å². The Hall–Kier alpha value is -1.63. The summed E-state index contributed by atoms with van der Waals surface area (Å²) in [7, 11) is 1.68. The number of aromatic nitrogens is 4. The molecule has 96 valence electrons. The highest BCUT2D eigenvalue weighted by atomic mass is 79.9. The molecule has 0 saturated carbocycles. The molecule has 7 heteroatoms. The Labute approximate surface area is 113 Å². The van der Waals surface area contributed by atoms with Gasteiger partial charge in [-0.2, -0.15) is 5.10 Å². The van der Waals surface area contributed by atoms with Crippen molar-refractivity contribution in [2.45, 2.75) is 19.9 Å². The van der Waals surface area contributed by atoms with E-state index in [0.29, 0.717) is 4.60 Å². The Morgan fingerprint density at radius 3 is 2.94 bits per heavy atom. The van der Waals surface area contributed by atoms with E-state index in [4.69, 9.17) is 0 Å². The first kappa shape index (κ1) is 12.8. The molecule has 0 unspecified atom stereocenters. The van der Waals surface area contributed by atoms with Crippen LogP contribution in [0.4, 0.5) is 11.5 Å². The summed E-state index contributed by atoms with van der Waals surface area (Å²) < 4.78 is 3.90. The molecule has 18 heavy (non-hydrogen) atoms. The first-order valence-corrected chi connectivity index (χ1v) is 6.42. The second kappa shape index (κ2) is 5.34. The molecule has 2 aromatic heterocycles. The van der Waals surface area contributed by atoms with Crippen LogP contribution in [0.15, 0.2) is 28.0 Å². The Morgan fingerprint density at radius 1 is 1.44 bits per heavy atom. The molecule has 0 bridgehead atoms. The molecule has 0 saturated heterocycles. The Balaban J connectivity index is 2.25. The van der Waals surface area contributed by atoms with Crippen molar-refractivity contribution < 1.29 is 0 Å². The van der Waals surface area contributed by atoms with Crippen LogP contribution in [0.1, 0.15) is 13.3 Å². The molecule has 0 radical (unpaired) electrons. The molecule has 0 spiro atoms. The van der Waals surface area contributed by atoms with Crippen LogP contribution in [0.5, 0.6) is 0 Å². The zero-order valence-corrected chi connectivity index (χ0v) is 11.8. The van der Waals surface area contributed by atoms with Crippen LogP contribution in [0.3, 0.4) is 0 Å². The summed E-state index contributed by atoms with van der Waals surface area (Å²) >= 11 is 3.26. The number of hydrogen-bond acceptors (Lipinski definition) is 4. The lowest BCUT2D eigenvalue weighted by Gasteiger charge is -2.04. The Morgan fingerprint density at radius 2 is 2.22 bits per heavy atom. The van der Waals surface area contributed by atoms with E-state index >= 15 is 0 Å². The number of halogens is 1. The first-order chi connectivity index (χ1) is 8.60. The van der Waals surface area contributed by atoms with E-state index in [0.717, 1.165) is 18.7 Å². The molecule has 0 aliphatic carbocycles. The highest BCUT2D eigenvalue weighted by molar-refractivity contribution is 9.10. The van der Waals surface area contributed by atoms with Gasteiger partial charge in [-0.3, -0.25) is 9.48 Å². The molecule has 0 atom stereocenters. The van der Waals surface area contributed by atoms with E-state index in [-0.39, 0.29) is 11.4 Å². The molecule has 2 heterocycles. The zero-order chi connectivity index (χ0) is 13.1. The number of nitrogens with one attached hydrogen (secondary N) is 1. The van der Waals surface area contributed by atoms with Gasteiger partial charge >= 0.3 is 0 Å². The highest BCUT2D eigenvalue weighted by Gasteiger charge is 2.07. The van der Waals surface area contributed by atoms with Crippen molar-refractivity contribution in [1.82, 2.24) is 19.3 Å². The van der Waals surface area contributed by atoms with E-state index in [9.17, 15) is 4.79 Å². The topological polar surface area (TPSA) is 64.7 Å². The Bertz CT molecular complexity index is 604. The fraction of sp³-hybridized carbons (Fsp3) is 0.364. The van der Waals surface area contributed by atoms with E-state index in [1.165, 1.54) is 4.57 Å². The monoisotopic (exact) mass is 311 g/mol. The fourth-order valence-corrected chi connectivity index (χ4v) is 2.05. The van der Waals surface area contributed by atoms with Crippen LogP contribution in [0, 0.1) is 0 Å². The molecule has 0 aromatic carbocycles. The number of hydrogen-bond donors (Lipinski definition) is 1. The predicted octanol–water partition coefficient (Wildman–Crippen LogP) is 1.89. The van der Waals surface area contributed by atoms with E-state index in [1.807, 2.05) is 10.9 Å². The molecule has 2 aromatic rings. The number of anilines is 2. The van der Waals surface area contributed by atoms with E-state index < -0.39 is 0 Å². The average molecular weight is 312 g/mol. The normalized spacial score (nSPS) is 10.6. The summed E-state index contributed by atoms with van der Waals surface area (Å²) in [5.74, 6) is 0.280. The summed E-state index contributed by atoms with van der Waals surface area (Å²) in [6.45, 7) is 2.94. The van der Waals surface area contributed by atoms with Crippen LogP contribution in [-0.4, -0.2) is 19.3 Å². The quantitative estimate of drug-likeness (QED) is 0.936. The summed E-state index contributed by atoms with van der Waals surface area (Å²) in [4.78, 5) is 16.0. The van der Waals surface area contributed by atoms with Crippen LogP contribution in [-0.2, 0) is 13.6 Å². The minimum Gasteiger partial charge on any atom is -0.333 e. The maximum Gasteiger partial charge on any atom is 0.293 e. The number of rotatable bonds is 4.